The maximum atomic E-state index is 13.6. The number of fused-ring (bicyclic) bond motifs is 1. The molecule has 0 spiro atoms. The SMILES string of the molecule is CNO.COc1cc2ncnc(Nc3ccc(F)c(C)c3)c2cc1OCCNCc1ccc(C=O)cc1. The van der Waals surface area contributed by atoms with Crippen LogP contribution in [-0.2, 0) is 6.54 Å². The van der Waals surface area contributed by atoms with Gasteiger partial charge < -0.3 is 25.3 Å². The minimum atomic E-state index is -0.259. The maximum absolute atomic E-state index is 13.6. The first-order chi connectivity index (χ1) is 18.0. The van der Waals surface area contributed by atoms with Gasteiger partial charge in [-0.1, -0.05) is 24.3 Å². The third kappa shape index (κ3) is 7.68. The lowest BCUT2D eigenvalue weighted by Crippen LogP contribution is -2.20. The van der Waals surface area contributed by atoms with Crippen molar-refractivity contribution < 1.29 is 23.9 Å². The molecule has 1 heterocycles. The molecule has 4 N–H and O–H groups in total. The van der Waals surface area contributed by atoms with Gasteiger partial charge in [-0.2, -0.15) is 0 Å². The van der Waals surface area contributed by atoms with Crippen molar-refractivity contribution in [1.82, 2.24) is 20.8 Å². The molecular formula is C27H30FN5O4. The maximum Gasteiger partial charge on any atom is 0.162 e. The molecule has 37 heavy (non-hydrogen) atoms. The minimum absolute atomic E-state index is 0.259. The van der Waals surface area contributed by atoms with Crippen molar-refractivity contribution in [3.63, 3.8) is 0 Å². The number of benzene rings is 3. The van der Waals surface area contributed by atoms with E-state index in [0.717, 1.165) is 22.9 Å². The van der Waals surface area contributed by atoms with Crippen molar-refractivity contribution in [2.24, 2.45) is 0 Å². The number of rotatable bonds is 10. The lowest BCUT2D eigenvalue weighted by atomic mass is 10.1. The number of aldehydes is 1. The molecule has 0 aliphatic carbocycles. The van der Waals surface area contributed by atoms with Gasteiger partial charge in [-0.05, 0) is 42.3 Å². The highest BCUT2D eigenvalue weighted by Gasteiger charge is 2.12. The van der Waals surface area contributed by atoms with Gasteiger partial charge in [0, 0.05) is 42.8 Å². The van der Waals surface area contributed by atoms with Crippen molar-refractivity contribution >= 4 is 28.7 Å². The molecule has 4 aromatic rings. The molecule has 0 fully saturated rings. The van der Waals surface area contributed by atoms with Crippen molar-refractivity contribution in [3.8, 4) is 11.5 Å². The van der Waals surface area contributed by atoms with Crippen LogP contribution < -0.4 is 25.6 Å². The van der Waals surface area contributed by atoms with Crippen molar-refractivity contribution in [2.75, 3.05) is 32.6 Å². The van der Waals surface area contributed by atoms with E-state index in [0.29, 0.717) is 53.7 Å². The van der Waals surface area contributed by atoms with Crippen LogP contribution in [-0.4, -0.2) is 48.8 Å². The van der Waals surface area contributed by atoms with Gasteiger partial charge in [0.2, 0.25) is 0 Å². The van der Waals surface area contributed by atoms with Crippen LogP contribution in [0.4, 0.5) is 15.9 Å². The molecule has 10 heteroatoms. The van der Waals surface area contributed by atoms with Gasteiger partial charge in [-0.25, -0.2) is 19.8 Å². The number of hydrogen-bond donors (Lipinski definition) is 4. The molecule has 0 saturated carbocycles. The van der Waals surface area contributed by atoms with Gasteiger partial charge in [0.25, 0.3) is 0 Å². The Kier molecular flexibility index (Phi) is 10.3. The first kappa shape index (κ1) is 27.5. The molecule has 0 aliphatic rings. The Morgan fingerprint density at radius 3 is 2.49 bits per heavy atom. The number of ether oxygens (including phenoxy) is 2. The Balaban J connectivity index is 0.00000121. The van der Waals surface area contributed by atoms with Gasteiger partial charge >= 0.3 is 0 Å². The zero-order chi connectivity index (χ0) is 26.6. The lowest BCUT2D eigenvalue weighted by molar-refractivity contribution is 0.112. The first-order valence-corrected chi connectivity index (χ1v) is 11.5. The quantitative estimate of drug-likeness (QED) is 0.141. The van der Waals surface area contributed by atoms with Gasteiger partial charge in [0.1, 0.15) is 30.9 Å². The Hall–Kier alpha value is -4.12. The molecular weight excluding hydrogens is 477 g/mol. The molecule has 0 atom stereocenters. The number of aromatic nitrogens is 2. The summed E-state index contributed by atoms with van der Waals surface area (Å²) < 4.78 is 25.1. The normalized spacial score (nSPS) is 10.4. The van der Waals surface area contributed by atoms with E-state index in [1.54, 1.807) is 49.8 Å². The Bertz CT molecular complexity index is 1320. The van der Waals surface area contributed by atoms with Gasteiger partial charge in [-0.3, -0.25) is 4.79 Å². The number of methoxy groups -OCH3 is 1. The molecule has 0 saturated heterocycles. The fourth-order valence-electron chi connectivity index (χ4n) is 3.48. The molecule has 4 rings (SSSR count). The fourth-order valence-corrected chi connectivity index (χ4v) is 3.48. The third-order valence-corrected chi connectivity index (χ3v) is 5.32. The first-order valence-electron chi connectivity index (χ1n) is 11.5. The van der Waals surface area contributed by atoms with E-state index in [9.17, 15) is 9.18 Å². The van der Waals surface area contributed by atoms with Crippen LogP contribution in [0.25, 0.3) is 10.9 Å². The average Bonchev–Trinajstić information content (AvgIpc) is 2.91. The highest BCUT2D eigenvalue weighted by Crippen LogP contribution is 2.34. The number of anilines is 2. The van der Waals surface area contributed by atoms with Crippen LogP contribution in [0.15, 0.2) is 60.9 Å². The molecule has 194 valence electrons. The number of aryl methyl sites for hydroxylation is 1. The van der Waals surface area contributed by atoms with E-state index in [1.807, 2.05) is 18.2 Å². The Labute approximate surface area is 214 Å². The van der Waals surface area contributed by atoms with Crippen LogP contribution in [0.1, 0.15) is 21.5 Å². The Morgan fingerprint density at radius 1 is 1.05 bits per heavy atom. The predicted octanol–water partition coefficient (Wildman–Crippen LogP) is 4.41. The largest absolute Gasteiger partial charge is 0.493 e. The van der Waals surface area contributed by atoms with Crippen LogP contribution in [0.2, 0.25) is 0 Å². The smallest absolute Gasteiger partial charge is 0.162 e. The molecule has 9 nitrogen and oxygen atoms in total. The van der Waals surface area contributed by atoms with Crippen LogP contribution in [0, 0.1) is 12.7 Å². The number of hydrogen-bond acceptors (Lipinski definition) is 9. The van der Waals surface area contributed by atoms with E-state index >= 15 is 0 Å². The number of nitrogens with zero attached hydrogens (tertiary/aromatic N) is 2. The lowest BCUT2D eigenvalue weighted by Gasteiger charge is -2.14. The summed E-state index contributed by atoms with van der Waals surface area (Å²) in [5.74, 6) is 1.46. The topological polar surface area (TPSA) is 118 Å². The summed E-state index contributed by atoms with van der Waals surface area (Å²) in [6, 6.07) is 15.9. The van der Waals surface area contributed by atoms with Gasteiger partial charge in [0.15, 0.2) is 11.5 Å². The second kappa shape index (κ2) is 13.8. The van der Waals surface area contributed by atoms with E-state index < -0.39 is 0 Å². The number of carbonyl (C=O) groups is 1. The van der Waals surface area contributed by atoms with Crippen LogP contribution in [0.3, 0.4) is 0 Å². The molecule has 0 aliphatic heterocycles. The highest BCUT2D eigenvalue weighted by atomic mass is 19.1. The van der Waals surface area contributed by atoms with Crippen molar-refractivity contribution in [3.05, 3.63) is 83.4 Å². The van der Waals surface area contributed by atoms with Crippen LogP contribution >= 0.6 is 0 Å². The summed E-state index contributed by atoms with van der Waals surface area (Å²) in [6.45, 7) is 3.41. The number of hydroxylamine groups is 1. The van der Waals surface area contributed by atoms with Crippen molar-refractivity contribution in [1.29, 1.82) is 0 Å². The number of halogens is 1. The van der Waals surface area contributed by atoms with E-state index in [-0.39, 0.29) is 5.82 Å². The standard InChI is InChI=1S/C26H25FN4O3.CH5NO/c1-17-11-20(7-8-22(17)27)31-26-21-12-25(24(33-2)13-23(21)29-16-30-26)34-10-9-28-14-18-3-5-19(15-32)6-4-18;1-2-3/h3-8,11-13,15-16,28H,9-10,14H2,1-2H3,(H,29,30,31);2-3H,1H3. The summed E-state index contributed by atoms with van der Waals surface area (Å²) in [5.41, 5.74) is 5.45. The number of carbonyl (C=O) groups excluding carboxylic acids is 1. The Morgan fingerprint density at radius 2 is 1.81 bits per heavy atom. The second-order valence-electron chi connectivity index (χ2n) is 7.94. The highest BCUT2D eigenvalue weighted by molar-refractivity contribution is 5.93. The second-order valence-corrected chi connectivity index (χ2v) is 7.94. The minimum Gasteiger partial charge on any atom is -0.493 e. The monoisotopic (exact) mass is 507 g/mol. The summed E-state index contributed by atoms with van der Waals surface area (Å²) >= 11 is 0. The van der Waals surface area contributed by atoms with Crippen molar-refractivity contribution in [2.45, 2.75) is 13.5 Å². The summed E-state index contributed by atoms with van der Waals surface area (Å²) in [6.07, 6.45) is 2.29. The summed E-state index contributed by atoms with van der Waals surface area (Å²) in [4.78, 5) is 19.5. The third-order valence-electron chi connectivity index (χ3n) is 5.32. The molecule has 1 aromatic heterocycles. The molecule has 0 radical (unpaired) electrons. The number of nitrogens with one attached hydrogen (secondary N) is 3. The average molecular weight is 508 g/mol. The van der Waals surface area contributed by atoms with Gasteiger partial charge in [-0.15, -0.1) is 0 Å². The van der Waals surface area contributed by atoms with E-state index in [1.165, 1.54) is 19.4 Å². The van der Waals surface area contributed by atoms with E-state index in [4.69, 9.17) is 14.7 Å². The van der Waals surface area contributed by atoms with E-state index in [2.05, 4.69) is 20.6 Å². The van der Waals surface area contributed by atoms with Crippen LogP contribution in [0.5, 0.6) is 11.5 Å². The zero-order valence-corrected chi connectivity index (χ0v) is 20.9. The van der Waals surface area contributed by atoms with Gasteiger partial charge in [0.05, 0.1) is 12.6 Å². The summed E-state index contributed by atoms with van der Waals surface area (Å²) in [7, 11) is 3.01. The predicted molar refractivity (Wildman–Crippen MR) is 140 cm³/mol. The fraction of sp³-hybridized carbons (Fsp3) is 0.222. The molecule has 3 aromatic carbocycles. The molecule has 0 bridgehead atoms. The molecule has 0 amide bonds. The molecule has 0 unspecified atom stereocenters. The summed E-state index contributed by atoms with van der Waals surface area (Å²) in [5, 5.41) is 14.6. The zero-order valence-electron chi connectivity index (χ0n) is 20.9.